The Morgan fingerprint density at radius 3 is 2.15 bits per heavy atom. The summed E-state index contributed by atoms with van der Waals surface area (Å²) >= 11 is 0. The minimum absolute atomic E-state index is 0.148. The lowest BCUT2D eigenvalue weighted by molar-refractivity contribution is -0.531. The number of nitro groups is 1. The van der Waals surface area contributed by atoms with Crippen molar-refractivity contribution in [3.05, 3.63) is 81.5 Å². The predicted octanol–water partition coefficient (Wildman–Crippen LogP) is 6.25. The SMILES string of the molecule is C1CCCCC1.Cc1ccc(S(=O)(=O)N2c3ccccc3[C@H]([N+](=O)[O-])[C@H]2[C@@H]2CCCC=C2N2CCOCC2)cc1. The fourth-order valence-electron chi connectivity index (χ4n) is 6.62. The quantitative estimate of drug-likeness (QED) is 0.313. The van der Waals surface area contributed by atoms with Crippen molar-refractivity contribution >= 4 is 15.7 Å². The molecule has 2 aliphatic heterocycles. The zero-order chi connectivity index (χ0) is 28.1. The number of allylic oxidation sites excluding steroid dienone is 1. The highest BCUT2D eigenvalue weighted by molar-refractivity contribution is 7.92. The van der Waals surface area contributed by atoms with Crippen LogP contribution in [0.3, 0.4) is 0 Å². The summed E-state index contributed by atoms with van der Waals surface area (Å²) in [6, 6.07) is 11.6. The van der Waals surface area contributed by atoms with Gasteiger partial charge in [-0.1, -0.05) is 74.4 Å². The highest BCUT2D eigenvalue weighted by Crippen LogP contribution is 2.50. The van der Waals surface area contributed by atoms with E-state index in [1.165, 1.54) is 42.8 Å². The third-order valence-corrected chi connectivity index (χ3v) is 10.5. The van der Waals surface area contributed by atoms with Gasteiger partial charge in [0, 0.05) is 29.6 Å². The predicted molar refractivity (Wildman–Crippen MR) is 156 cm³/mol. The summed E-state index contributed by atoms with van der Waals surface area (Å²) in [4.78, 5) is 14.6. The molecule has 6 rings (SSSR count). The van der Waals surface area contributed by atoms with Gasteiger partial charge in [0.1, 0.15) is 6.04 Å². The van der Waals surface area contributed by atoms with Gasteiger partial charge in [0.25, 0.3) is 16.1 Å². The number of para-hydroxylation sites is 1. The van der Waals surface area contributed by atoms with E-state index < -0.39 is 22.1 Å². The first-order valence-corrected chi connectivity index (χ1v) is 16.2. The number of anilines is 1. The molecule has 2 aromatic rings. The number of ether oxygens (including phenoxy) is 1. The van der Waals surface area contributed by atoms with E-state index in [0.29, 0.717) is 44.0 Å². The van der Waals surface area contributed by atoms with Crippen LogP contribution in [-0.2, 0) is 14.8 Å². The standard InChI is InChI=1S/C25H29N3O5S.C6H12/c1-18-10-12-19(13-11-18)34(31,32)27-23-9-5-3-7-21(23)25(28(29)30)24(27)20-6-2-4-8-22(20)26-14-16-33-17-15-26;1-2-4-6-5-3-1/h3,5,7-13,20,24-25H,2,4,6,14-17H2,1H3;1-6H2/t20-,24-,25+;/m1./s1. The number of hydrogen-bond acceptors (Lipinski definition) is 6. The topological polar surface area (TPSA) is 93.0 Å². The molecule has 9 heteroatoms. The average molecular weight is 568 g/mol. The Morgan fingerprint density at radius 1 is 0.900 bits per heavy atom. The van der Waals surface area contributed by atoms with Crippen LogP contribution in [0.25, 0.3) is 0 Å². The van der Waals surface area contributed by atoms with Gasteiger partial charge in [0.05, 0.1) is 29.4 Å². The molecular weight excluding hydrogens is 526 g/mol. The summed E-state index contributed by atoms with van der Waals surface area (Å²) < 4.78 is 35.0. The fraction of sp³-hybridized carbons (Fsp3) is 0.548. The van der Waals surface area contributed by atoms with Crippen molar-refractivity contribution in [1.29, 1.82) is 0 Å². The summed E-state index contributed by atoms with van der Waals surface area (Å²) in [5, 5.41) is 12.5. The molecule has 0 spiro atoms. The maximum Gasteiger partial charge on any atom is 0.264 e. The van der Waals surface area contributed by atoms with Crippen molar-refractivity contribution in [2.75, 3.05) is 30.6 Å². The van der Waals surface area contributed by atoms with Crippen LogP contribution < -0.4 is 4.31 Å². The molecule has 0 unspecified atom stereocenters. The van der Waals surface area contributed by atoms with E-state index >= 15 is 0 Å². The highest BCUT2D eigenvalue weighted by Gasteiger charge is 2.55. The first-order valence-electron chi connectivity index (χ1n) is 14.8. The Kier molecular flexibility index (Phi) is 9.10. The summed E-state index contributed by atoms with van der Waals surface area (Å²) in [5.41, 5.74) is 2.83. The van der Waals surface area contributed by atoms with E-state index in [0.717, 1.165) is 24.1 Å². The van der Waals surface area contributed by atoms with Crippen molar-refractivity contribution in [2.24, 2.45) is 5.92 Å². The van der Waals surface area contributed by atoms with E-state index in [9.17, 15) is 18.5 Å². The molecule has 4 aliphatic rings. The molecule has 2 fully saturated rings. The van der Waals surface area contributed by atoms with Crippen LogP contribution in [0.4, 0.5) is 5.69 Å². The normalized spacial score (nSPS) is 24.9. The Bertz CT molecular complexity index is 1290. The molecule has 2 aliphatic carbocycles. The van der Waals surface area contributed by atoms with Gasteiger partial charge in [-0.15, -0.1) is 0 Å². The highest BCUT2D eigenvalue weighted by atomic mass is 32.2. The summed E-state index contributed by atoms with van der Waals surface area (Å²) in [6.45, 7) is 4.50. The molecule has 1 saturated carbocycles. The lowest BCUT2D eigenvalue weighted by Crippen LogP contribution is -2.49. The van der Waals surface area contributed by atoms with Gasteiger partial charge >= 0.3 is 0 Å². The van der Waals surface area contributed by atoms with Gasteiger partial charge < -0.3 is 9.64 Å². The van der Waals surface area contributed by atoms with Crippen molar-refractivity contribution in [1.82, 2.24) is 4.90 Å². The van der Waals surface area contributed by atoms with Crippen LogP contribution >= 0.6 is 0 Å². The second kappa shape index (κ2) is 12.7. The third-order valence-electron chi connectivity index (χ3n) is 8.63. The Labute approximate surface area is 238 Å². The lowest BCUT2D eigenvalue weighted by Gasteiger charge is -2.41. The maximum atomic E-state index is 14.1. The first-order chi connectivity index (χ1) is 19.4. The van der Waals surface area contributed by atoms with Crippen LogP contribution in [0.5, 0.6) is 0 Å². The van der Waals surface area contributed by atoms with Gasteiger partial charge in [-0.05, 0) is 50.5 Å². The number of hydrogen-bond donors (Lipinski definition) is 0. The molecule has 0 bridgehead atoms. The van der Waals surface area contributed by atoms with Gasteiger partial charge in [0.2, 0.25) is 0 Å². The first kappa shape index (κ1) is 28.6. The Balaban J connectivity index is 0.000000477. The van der Waals surface area contributed by atoms with Crippen LogP contribution in [-0.4, -0.2) is 50.6 Å². The smallest absolute Gasteiger partial charge is 0.264 e. The molecular formula is C31H41N3O5S. The fourth-order valence-corrected chi connectivity index (χ4v) is 8.34. The minimum Gasteiger partial charge on any atom is -0.378 e. The van der Waals surface area contributed by atoms with E-state index in [-0.39, 0.29) is 15.7 Å². The van der Waals surface area contributed by atoms with E-state index in [1.807, 2.05) is 6.92 Å². The number of nitrogens with zero attached hydrogens (tertiary/aromatic N) is 3. The number of morpholine rings is 1. The van der Waals surface area contributed by atoms with Crippen LogP contribution in [0.2, 0.25) is 0 Å². The van der Waals surface area contributed by atoms with Crippen molar-refractivity contribution in [2.45, 2.75) is 81.7 Å². The second-order valence-corrected chi connectivity index (χ2v) is 13.1. The number of sulfonamides is 1. The van der Waals surface area contributed by atoms with Crippen LogP contribution in [0, 0.1) is 23.0 Å². The second-order valence-electron chi connectivity index (χ2n) is 11.3. The molecule has 216 valence electrons. The molecule has 0 amide bonds. The number of aryl methyl sites for hydroxylation is 1. The summed E-state index contributed by atoms with van der Waals surface area (Å²) in [5.74, 6) is -0.283. The zero-order valence-electron chi connectivity index (χ0n) is 23.4. The zero-order valence-corrected chi connectivity index (χ0v) is 24.2. The van der Waals surface area contributed by atoms with Crippen molar-refractivity contribution in [3.8, 4) is 0 Å². The van der Waals surface area contributed by atoms with Crippen LogP contribution in [0.15, 0.2) is 65.2 Å². The van der Waals surface area contributed by atoms with Crippen LogP contribution in [0.1, 0.15) is 75.0 Å². The minimum atomic E-state index is -4.03. The summed E-state index contributed by atoms with van der Waals surface area (Å²) in [7, 11) is -4.03. The maximum absolute atomic E-state index is 14.1. The van der Waals surface area contributed by atoms with Gasteiger partial charge in [-0.3, -0.25) is 14.4 Å². The molecule has 0 N–H and O–H groups in total. The molecule has 3 atom stereocenters. The third kappa shape index (κ3) is 5.91. The molecule has 2 heterocycles. The van der Waals surface area contributed by atoms with Gasteiger partial charge in [0.15, 0.2) is 0 Å². The molecule has 2 aromatic carbocycles. The number of benzene rings is 2. The Morgan fingerprint density at radius 2 is 1.52 bits per heavy atom. The van der Waals surface area contributed by atoms with E-state index in [1.54, 1.807) is 48.5 Å². The van der Waals surface area contributed by atoms with Gasteiger partial charge in [-0.25, -0.2) is 8.42 Å². The molecule has 8 nitrogen and oxygen atoms in total. The molecule has 0 radical (unpaired) electrons. The molecule has 0 aromatic heterocycles. The Hall–Kier alpha value is -2.91. The number of rotatable bonds is 5. The largest absolute Gasteiger partial charge is 0.378 e. The van der Waals surface area contributed by atoms with E-state index in [2.05, 4.69) is 11.0 Å². The molecule has 40 heavy (non-hydrogen) atoms. The van der Waals surface area contributed by atoms with Crippen molar-refractivity contribution in [3.63, 3.8) is 0 Å². The lowest BCUT2D eigenvalue weighted by atomic mass is 9.82. The van der Waals surface area contributed by atoms with E-state index in [4.69, 9.17) is 4.74 Å². The monoisotopic (exact) mass is 567 g/mol. The molecule has 1 saturated heterocycles. The summed E-state index contributed by atoms with van der Waals surface area (Å²) in [6.07, 6.45) is 13.6. The number of fused-ring (bicyclic) bond motifs is 1. The van der Waals surface area contributed by atoms with Crippen molar-refractivity contribution < 1.29 is 18.1 Å². The van der Waals surface area contributed by atoms with Gasteiger partial charge in [-0.2, -0.15) is 0 Å². The average Bonchev–Trinajstić information content (AvgIpc) is 3.35.